The van der Waals surface area contributed by atoms with E-state index in [9.17, 15) is 13.2 Å². The second-order valence-corrected chi connectivity index (χ2v) is 8.82. The molecule has 0 N–H and O–H groups in total. The Morgan fingerprint density at radius 2 is 1.65 bits per heavy atom. The van der Waals surface area contributed by atoms with E-state index in [-0.39, 0.29) is 11.7 Å². The first kappa shape index (κ1) is 18.9. The van der Waals surface area contributed by atoms with E-state index in [0.717, 1.165) is 0 Å². The molecule has 1 aliphatic rings. The number of carbonyl (C=O) groups is 1. The number of halogens is 1. The van der Waals surface area contributed by atoms with Gasteiger partial charge in [0.1, 0.15) is 0 Å². The number of hydrogen-bond acceptors (Lipinski definition) is 4. The van der Waals surface area contributed by atoms with Gasteiger partial charge in [-0.2, -0.15) is 0 Å². The molecule has 138 valence electrons. The molecule has 0 aliphatic carbocycles. The van der Waals surface area contributed by atoms with Gasteiger partial charge in [0, 0.05) is 43.3 Å². The van der Waals surface area contributed by atoms with Crippen molar-refractivity contribution in [3.63, 3.8) is 0 Å². The highest BCUT2D eigenvalue weighted by Gasteiger charge is 2.23. The van der Waals surface area contributed by atoms with Crippen molar-refractivity contribution in [2.75, 3.05) is 38.5 Å². The lowest BCUT2D eigenvalue weighted by Gasteiger charge is -2.34. The number of rotatable bonds is 5. The Morgan fingerprint density at radius 1 is 0.962 bits per heavy atom. The summed E-state index contributed by atoms with van der Waals surface area (Å²) in [5, 5.41) is 0.542. The van der Waals surface area contributed by atoms with E-state index in [1.54, 1.807) is 59.5 Å². The van der Waals surface area contributed by atoms with E-state index in [1.165, 1.54) is 0 Å². The summed E-state index contributed by atoms with van der Waals surface area (Å²) in [6.07, 6.45) is 0. The number of hydrogen-bond donors (Lipinski definition) is 0. The van der Waals surface area contributed by atoms with Crippen LogP contribution >= 0.6 is 11.6 Å². The predicted octanol–water partition coefficient (Wildman–Crippen LogP) is 2.57. The van der Waals surface area contributed by atoms with Crippen LogP contribution in [0, 0.1) is 0 Å². The zero-order valence-corrected chi connectivity index (χ0v) is 15.9. The van der Waals surface area contributed by atoms with E-state index in [2.05, 4.69) is 4.90 Å². The third-order valence-corrected chi connectivity index (χ3v) is 6.46. The maximum absolute atomic E-state index is 12.5. The van der Waals surface area contributed by atoms with Crippen LogP contribution < -0.4 is 0 Å². The van der Waals surface area contributed by atoms with Crippen molar-refractivity contribution in [2.24, 2.45) is 0 Å². The summed E-state index contributed by atoms with van der Waals surface area (Å²) < 4.78 is 24.7. The zero-order chi connectivity index (χ0) is 18.6. The van der Waals surface area contributed by atoms with Crippen LogP contribution in [-0.4, -0.2) is 62.6 Å². The number of nitrogens with zero attached hydrogens (tertiary/aromatic N) is 2. The van der Waals surface area contributed by atoms with E-state index < -0.39 is 9.84 Å². The molecule has 2 aromatic rings. The summed E-state index contributed by atoms with van der Waals surface area (Å²) in [5.41, 5.74) is 0.581. The Morgan fingerprint density at radius 3 is 2.31 bits per heavy atom. The molecule has 0 atom stereocenters. The second kappa shape index (κ2) is 8.20. The van der Waals surface area contributed by atoms with Crippen molar-refractivity contribution in [1.29, 1.82) is 0 Å². The van der Waals surface area contributed by atoms with Crippen molar-refractivity contribution in [1.82, 2.24) is 9.80 Å². The van der Waals surface area contributed by atoms with Gasteiger partial charge < -0.3 is 4.90 Å². The molecule has 0 saturated carbocycles. The monoisotopic (exact) mass is 392 g/mol. The maximum atomic E-state index is 12.5. The number of carbonyl (C=O) groups excluding carboxylic acids is 1. The van der Waals surface area contributed by atoms with Crippen LogP contribution in [0.4, 0.5) is 0 Å². The highest BCUT2D eigenvalue weighted by Crippen LogP contribution is 2.15. The summed E-state index contributed by atoms with van der Waals surface area (Å²) in [4.78, 5) is 16.7. The molecular weight excluding hydrogens is 372 g/mol. The minimum Gasteiger partial charge on any atom is -0.336 e. The highest BCUT2D eigenvalue weighted by molar-refractivity contribution is 7.91. The van der Waals surface area contributed by atoms with Gasteiger partial charge in [0.15, 0.2) is 9.84 Å². The minimum absolute atomic E-state index is 0.0379. The molecule has 26 heavy (non-hydrogen) atoms. The second-order valence-electron chi connectivity index (χ2n) is 6.28. The molecule has 0 unspecified atom stereocenters. The topological polar surface area (TPSA) is 57.7 Å². The summed E-state index contributed by atoms with van der Waals surface area (Å²) in [6.45, 7) is 2.96. The Bertz CT molecular complexity index is 863. The summed E-state index contributed by atoms with van der Waals surface area (Å²) in [5.74, 6) is 0.0447. The lowest BCUT2D eigenvalue weighted by molar-refractivity contribution is 0.0644. The van der Waals surface area contributed by atoms with Crippen molar-refractivity contribution in [3.05, 3.63) is 65.2 Å². The van der Waals surface area contributed by atoms with Crippen molar-refractivity contribution in [2.45, 2.75) is 4.90 Å². The highest BCUT2D eigenvalue weighted by atomic mass is 35.5. The molecule has 0 bridgehead atoms. The molecule has 7 heteroatoms. The third-order valence-electron chi connectivity index (χ3n) is 4.51. The molecule has 1 heterocycles. The molecule has 0 radical (unpaired) electrons. The molecule has 0 spiro atoms. The van der Waals surface area contributed by atoms with Gasteiger partial charge in [-0.25, -0.2) is 8.42 Å². The minimum atomic E-state index is -3.27. The maximum Gasteiger partial charge on any atom is 0.253 e. The summed E-state index contributed by atoms with van der Waals surface area (Å²) in [7, 11) is -3.27. The molecule has 1 amide bonds. The number of benzene rings is 2. The van der Waals surface area contributed by atoms with Gasteiger partial charge in [0.2, 0.25) is 0 Å². The molecule has 0 aromatic heterocycles. The molecular formula is C19H21ClN2O3S. The first-order chi connectivity index (χ1) is 12.5. The van der Waals surface area contributed by atoms with Crippen LogP contribution in [0.15, 0.2) is 59.5 Å². The summed E-state index contributed by atoms with van der Waals surface area (Å²) in [6, 6.07) is 15.4. The van der Waals surface area contributed by atoms with Gasteiger partial charge in [-0.1, -0.05) is 35.9 Å². The van der Waals surface area contributed by atoms with E-state index in [1.807, 2.05) is 0 Å². The first-order valence-electron chi connectivity index (χ1n) is 8.51. The van der Waals surface area contributed by atoms with Gasteiger partial charge in [0.25, 0.3) is 5.91 Å². The quantitative estimate of drug-likeness (QED) is 0.784. The summed E-state index contributed by atoms with van der Waals surface area (Å²) >= 11 is 5.95. The van der Waals surface area contributed by atoms with Gasteiger partial charge in [-0.15, -0.1) is 0 Å². The van der Waals surface area contributed by atoms with Gasteiger partial charge >= 0.3 is 0 Å². The van der Waals surface area contributed by atoms with Crippen LogP contribution in [-0.2, 0) is 9.84 Å². The average molecular weight is 393 g/mol. The first-order valence-corrected chi connectivity index (χ1v) is 10.5. The number of piperazine rings is 1. The molecule has 1 aliphatic heterocycles. The van der Waals surface area contributed by atoms with Crippen LogP contribution in [0.25, 0.3) is 0 Å². The third kappa shape index (κ3) is 4.63. The number of sulfone groups is 1. The largest absolute Gasteiger partial charge is 0.336 e. The molecule has 1 saturated heterocycles. The van der Waals surface area contributed by atoms with Crippen molar-refractivity contribution >= 4 is 27.3 Å². The number of amides is 1. The van der Waals surface area contributed by atoms with Crippen molar-refractivity contribution in [3.8, 4) is 0 Å². The molecule has 1 fully saturated rings. The smallest absolute Gasteiger partial charge is 0.253 e. The van der Waals surface area contributed by atoms with E-state index in [4.69, 9.17) is 11.6 Å². The lowest BCUT2D eigenvalue weighted by Crippen LogP contribution is -2.49. The standard InChI is InChI=1S/C19H21ClN2O3S/c20-17-6-4-5-16(15-17)19(23)22-11-9-21(10-12-22)13-14-26(24,25)18-7-2-1-3-8-18/h1-8,15H,9-14H2. The predicted molar refractivity (Wildman–Crippen MR) is 102 cm³/mol. The fraction of sp³-hybridized carbons (Fsp3) is 0.316. The van der Waals surface area contributed by atoms with Gasteiger partial charge in [0.05, 0.1) is 10.6 Å². The Kier molecular flexibility index (Phi) is 5.96. The Hall–Kier alpha value is -1.89. The van der Waals surface area contributed by atoms with Gasteiger partial charge in [-0.05, 0) is 30.3 Å². The molecule has 2 aromatic carbocycles. The van der Waals surface area contributed by atoms with Crippen LogP contribution in [0.1, 0.15) is 10.4 Å². The molecule has 5 nitrogen and oxygen atoms in total. The fourth-order valence-corrected chi connectivity index (χ4v) is 4.47. The Balaban J connectivity index is 1.52. The van der Waals surface area contributed by atoms with Gasteiger partial charge in [-0.3, -0.25) is 9.69 Å². The average Bonchev–Trinajstić information content (AvgIpc) is 2.67. The van der Waals surface area contributed by atoms with Crippen LogP contribution in [0.5, 0.6) is 0 Å². The zero-order valence-electron chi connectivity index (χ0n) is 14.3. The SMILES string of the molecule is O=C(c1cccc(Cl)c1)N1CCN(CCS(=O)(=O)c2ccccc2)CC1. The van der Waals surface area contributed by atoms with E-state index in [0.29, 0.717) is 48.2 Å². The Labute approximate surface area is 159 Å². The van der Waals surface area contributed by atoms with Crippen molar-refractivity contribution < 1.29 is 13.2 Å². The van der Waals surface area contributed by atoms with Crippen LogP contribution in [0.3, 0.4) is 0 Å². The van der Waals surface area contributed by atoms with Crippen LogP contribution in [0.2, 0.25) is 5.02 Å². The lowest BCUT2D eigenvalue weighted by atomic mass is 10.2. The normalized spacial score (nSPS) is 15.8. The fourth-order valence-electron chi connectivity index (χ4n) is 2.97. The molecule has 3 rings (SSSR count). The van der Waals surface area contributed by atoms with E-state index >= 15 is 0 Å².